The molecule has 1 heterocycles. The van der Waals surface area contributed by atoms with E-state index in [0.717, 1.165) is 36.3 Å². The van der Waals surface area contributed by atoms with Crippen molar-refractivity contribution in [3.05, 3.63) is 59.4 Å². The first kappa shape index (κ1) is 29.2. The average Bonchev–Trinajstić information content (AvgIpc) is 2.91. The number of ether oxygens (including phenoxy) is 1. The van der Waals surface area contributed by atoms with Crippen LogP contribution in [0.4, 0.5) is 23.2 Å². The Hall–Kier alpha value is -3.34. The van der Waals surface area contributed by atoms with Crippen molar-refractivity contribution >= 4 is 17.5 Å². The number of nitrogens with zero attached hydrogens (tertiary/aromatic N) is 1. The molecule has 0 unspecified atom stereocenters. The highest BCUT2D eigenvalue weighted by Gasteiger charge is 2.62. The van der Waals surface area contributed by atoms with Gasteiger partial charge in [0.15, 0.2) is 0 Å². The number of nitrogens with one attached hydrogen (secondary N) is 2. The maximum absolute atomic E-state index is 14.1. The van der Waals surface area contributed by atoms with Crippen LogP contribution in [0.3, 0.4) is 0 Å². The number of anilines is 1. The van der Waals surface area contributed by atoms with Crippen LogP contribution in [-0.4, -0.2) is 61.8 Å². The summed E-state index contributed by atoms with van der Waals surface area (Å²) >= 11 is 0. The molecule has 208 valence electrons. The van der Waals surface area contributed by atoms with Crippen molar-refractivity contribution in [3.63, 3.8) is 0 Å². The Labute approximate surface area is 219 Å². The number of carbonyl (C=O) groups excluding carboxylic acids is 2. The lowest BCUT2D eigenvalue weighted by atomic mass is 9.87. The Kier molecular flexibility index (Phi) is 9.59. The number of carbonyl (C=O) groups is 2. The zero-order valence-corrected chi connectivity index (χ0v) is 21.4. The predicted molar refractivity (Wildman–Crippen MR) is 134 cm³/mol. The lowest BCUT2D eigenvalue weighted by Gasteiger charge is -2.38. The minimum Gasteiger partial charge on any atom is -0.497 e. The summed E-state index contributed by atoms with van der Waals surface area (Å²) in [7, 11) is 2.72. The summed E-state index contributed by atoms with van der Waals surface area (Å²) in [6.07, 6.45) is -1.64. The maximum Gasteiger partial charge on any atom is 0.430 e. The van der Waals surface area contributed by atoms with Crippen molar-refractivity contribution in [2.24, 2.45) is 5.92 Å². The molecule has 0 aromatic heterocycles. The van der Waals surface area contributed by atoms with Crippen molar-refractivity contribution in [1.82, 2.24) is 10.2 Å². The van der Waals surface area contributed by atoms with Crippen LogP contribution in [0.15, 0.2) is 42.5 Å². The van der Waals surface area contributed by atoms with Gasteiger partial charge >= 0.3 is 6.18 Å². The van der Waals surface area contributed by atoms with E-state index in [4.69, 9.17) is 4.74 Å². The quantitative estimate of drug-likeness (QED) is 0.306. The SMILES string of the molecule is CNC(=O)c1ccc(NCCCCC2CCN(C(=O)[C@](O)(c3cccc(OC)c3)C(F)(F)F)CC2)cc1F. The zero-order valence-electron chi connectivity index (χ0n) is 21.4. The topological polar surface area (TPSA) is 90.9 Å². The molecule has 0 bridgehead atoms. The highest BCUT2D eigenvalue weighted by atomic mass is 19.4. The molecule has 1 atom stereocenters. The van der Waals surface area contributed by atoms with Crippen molar-refractivity contribution in [2.45, 2.75) is 43.9 Å². The van der Waals surface area contributed by atoms with E-state index in [1.54, 1.807) is 6.07 Å². The van der Waals surface area contributed by atoms with E-state index in [1.807, 2.05) is 0 Å². The summed E-state index contributed by atoms with van der Waals surface area (Å²) in [5.41, 5.74) is -3.69. The van der Waals surface area contributed by atoms with Gasteiger partial charge in [0.25, 0.3) is 17.4 Å². The van der Waals surface area contributed by atoms with E-state index in [0.29, 0.717) is 25.1 Å². The highest BCUT2D eigenvalue weighted by Crippen LogP contribution is 2.42. The van der Waals surface area contributed by atoms with E-state index in [2.05, 4.69) is 10.6 Å². The first-order valence-corrected chi connectivity index (χ1v) is 12.5. The fraction of sp³-hybridized carbons (Fsp3) is 0.481. The lowest BCUT2D eigenvalue weighted by Crippen LogP contribution is -2.57. The molecule has 7 nitrogen and oxygen atoms in total. The second kappa shape index (κ2) is 12.5. The average molecular weight is 540 g/mol. The van der Waals surface area contributed by atoms with Gasteiger partial charge in [-0.15, -0.1) is 0 Å². The number of aliphatic hydroxyl groups is 1. The van der Waals surface area contributed by atoms with Crippen LogP contribution in [0.25, 0.3) is 0 Å². The Balaban J connectivity index is 1.48. The third-order valence-electron chi connectivity index (χ3n) is 6.92. The van der Waals surface area contributed by atoms with Crippen LogP contribution in [-0.2, 0) is 10.4 Å². The molecule has 0 spiro atoms. The largest absolute Gasteiger partial charge is 0.497 e. The number of piperidine rings is 1. The molecule has 2 aromatic rings. The van der Waals surface area contributed by atoms with Crippen molar-refractivity contribution in [2.75, 3.05) is 39.1 Å². The normalized spacial score (nSPS) is 16.0. The third kappa shape index (κ3) is 6.56. The molecule has 11 heteroatoms. The predicted octanol–water partition coefficient (Wildman–Crippen LogP) is 4.46. The molecular weight excluding hydrogens is 506 g/mol. The van der Waals surface area contributed by atoms with Gasteiger partial charge in [0.2, 0.25) is 0 Å². The van der Waals surface area contributed by atoms with E-state index in [9.17, 15) is 32.3 Å². The molecule has 0 saturated carbocycles. The zero-order chi connectivity index (χ0) is 27.9. The first-order valence-electron chi connectivity index (χ1n) is 12.5. The minimum atomic E-state index is -5.20. The standard InChI is InChI=1S/C27H33F4N3O4/c1-32-24(35)22-10-9-20(17-23(22)28)33-13-4-3-6-18-11-14-34(15-12-18)25(36)26(37,27(29,30)31)19-7-5-8-21(16-19)38-2/h5,7-10,16-18,33,37H,3-4,6,11-15H2,1-2H3,(H,32,35)/t26-/m1/s1. The summed E-state index contributed by atoms with van der Waals surface area (Å²) in [6.45, 7) is 0.845. The van der Waals surface area contributed by atoms with E-state index < -0.39 is 35.0 Å². The van der Waals surface area contributed by atoms with Gasteiger partial charge in [0, 0.05) is 37.9 Å². The van der Waals surface area contributed by atoms with Crippen LogP contribution in [0.2, 0.25) is 0 Å². The Bertz CT molecular complexity index is 1120. The summed E-state index contributed by atoms with van der Waals surface area (Å²) in [4.78, 5) is 25.6. The molecule has 3 rings (SSSR count). The molecule has 2 amide bonds. The maximum atomic E-state index is 14.1. The van der Waals surface area contributed by atoms with Gasteiger partial charge in [0.05, 0.1) is 12.7 Å². The Morgan fingerprint density at radius 3 is 2.42 bits per heavy atom. The fourth-order valence-electron chi connectivity index (χ4n) is 4.64. The number of methoxy groups -OCH3 is 1. The van der Waals surface area contributed by atoms with Gasteiger partial charge in [-0.1, -0.05) is 25.0 Å². The second-order valence-electron chi connectivity index (χ2n) is 9.37. The van der Waals surface area contributed by atoms with Crippen molar-refractivity contribution in [1.29, 1.82) is 0 Å². The number of halogens is 4. The van der Waals surface area contributed by atoms with Crippen LogP contribution in [0.1, 0.15) is 48.0 Å². The van der Waals surface area contributed by atoms with Crippen LogP contribution < -0.4 is 15.4 Å². The number of rotatable bonds is 10. The first-order chi connectivity index (χ1) is 18.0. The van der Waals surface area contributed by atoms with Crippen molar-refractivity contribution in [3.8, 4) is 5.75 Å². The molecule has 0 radical (unpaired) electrons. The van der Waals surface area contributed by atoms with E-state index in [1.165, 1.54) is 38.4 Å². The molecule has 1 saturated heterocycles. The van der Waals surface area contributed by atoms with Crippen LogP contribution in [0.5, 0.6) is 5.75 Å². The van der Waals surface area contributed by atoms with Crippen LogP contribution >= 0.6 is 0 Å². The van der Waals surface area contributed by atoms with E-state index in [-0.39, 0.29) is 30.3 Å². The summed E-state index contributed by atoms with van der Waals surface area (Å²) in [6, 6.07) is 9.15. The monoisotopic (exact) mass is 539 g/mol. The smallest absolute Gasteiger partial charge is 0.430 e. The number of hydrogen-bond acceptors (Lipinski definition) is 5. The van der Waals surface area contributed by atoms with Gasteiger partial charge in [-0.25, -0.2) is 4.39 Å². The molecule has 1 aliphatic heterocycles. The van der Waals surface area contributed by atoms with Gasteiger partial charge < -0.3 is 25.4 Å². The molecule has 38 heavy (non-hydrogen) atoms. The summed E-state index contributed by atoms with van der Waals surface area (Å²) in [5.74, 6) is -2.13. The number of unbranched alkanes of at least 4 members (excludes halogenated alkanes) is 1. The van der Waals surface area contributed by atoms with Gasteiger partial charge in [-0.3, -0.25) is 9.59 Å². The number of amides is 2. The Morgan fingerprint density at radius 2 is 1.82 bits per heavy atom. The number of likely N-dealkylation sites (tertiary alicyclic amines) is 1. The molecular formula is C27H33F4N3O4. The lowest BCUT2D eigenvalue weighted by molar-refractivity contribution is -0.262. The molecule has 2 aromatic carbocycles. The molecule has 3 N–H and O–H groups in total. The molecule has 1 aliphatic rings. The van der Waals surface area contributed by atoms with Crippen molar-refractivity contribution < 1.29 is 37.0 Å². The number of benzene rings is 2. The van der Waals surface area contributed by atoms with E-state index >= 15 is 0 Å². The van der Waals surface area contributed by atoms with Crippen LogP contribution in [0, 0.1) is 11.7 Å². The molecule has 0 aliphatic carbocycles. The second-order valence-corrected chi connectivity index (χ2v) is 9.37. The van der Waals surface area contributed by atoms with Gasteiger partial charge in [0.1, 0.15) is 11.6 Å². The minimum absolute atomic E-state index is 0.0277. The number of hydrogen-bond donors (Lipinski definition) is 3. The summed E-state index contributed by atoms with van der Waals surface area (Å²) in [5, 5.41) is 16.2. The highest BCUT2D eigenvalue weighted by molar-refractivity contribution is 5.94. The third-order valence-corrected chi connectivity index (χ3v) is 6.92. The Morgan fingerprint density at radius 1 is 1.11 bits per heavy atom. The summed E-state index contributed by atoms with van der Waals surface area (Å²) < 4.78 is 61.0. The molecule has 1 fully saturated rings. The fourth-order valence-corrected chi connectivity index (χ4v) is 4.64. The van der Waals surface area contributed by atoms with Gasteiger partial charge in [-0.2, -0.15) is 13.2 Å². The van der Waals surface area contributed by atoms with Gasteiger partial charge in [-0.05, 0) is 55.5 Å². The number of alkyl halides is 3.